The van der Waals surface area contributed by atoms with Crippen molar-refractivity contribution in [2.45, 2.75) is 12.5 Å². The lowest BCUT2D eigenvalue weighted by molar-refractivity contribution is 0.601. The molecule has 0 spiro atoms. The largest absolute Gasteiger partial charge is 0.288 e. The summed E-state index contributed by atoms with van der Waals surface area (Å²) in [5, 5.41) is 0. The molecule has 0 aliphatic carbocycles. The summed E-state index contributed by atoms with van der Waals surface area (Å²) in [4.78, 5) is 4.31. The van der Waals surface area contributed by atoms with Crippen molar-refractivity contribution in [3.05, 3.63) is 34.3 Å². The highest BCUT2D eigenvalue weighted by Gasteiger charge is 2.26. The van der Waals surface area contributed by atoms with Crippen molar-refractivity contribution < 1.29 is 8.42 Å². The zero-order valence-corrected chi connectivity index (χ0v) is 11.0. The van der Waals surface area contributed by atoms with Crippen LogP contribution in [0.1, 0.15) is 12.0 Å². The Morgan fingerprint density at radius 1 is 1.44 bits per heavy atom. The van der Waals surface area contributed by atoms with Crippen LogP contribution in [0.3, 0.4) is 0 Å². The fraction of sp³-hybridized carbons (Fsp3) is 0.364. The normalized spacial score (nSPS) is 23.9. The van der Waals surface area contributed by atoms with Crippen molar-refractivity contribution >= 4 is 32.0 Å². The van der Waals surface area contributed by atoms with Crippen molar-refractivity contribution in [3.8, 4) is 0 Å². The number of hydrogen-bond acceptors (Lipinski definition) is 3. The van der Waals surface area contributed by atoms with E-state index in [0.717, 1.165) is 10.0 Å². The average molecular weight is 302 g/mol. The monoisotopic (exact) mass is 301 g/mol. The van der Waals surface area contributed by atoms with Crippen molar-refractivity contribution in [2.75, 3.05) is 11.5 Å². The molecule has 1 aliphatic heterocycles. The Hall–Kier alpha value is -0.680. The Labute approximate surface area is 104 Å². The van der Waals surface area contributed by atoms with Gasteiger partial charge in [-0.2, -0.15) is 0 Å². The summed E-state index contributed by atoms with van der Waals surface area (Å²) >= 11 is 3.38. The molecule has 0 radical (unpaired) electrons. The van der Waals surface area contributed by atoms with E-state index < -0.39 is 9.84 Å². The fourth-order valence-electron chi connectivity index (χ4n) is 1.67. The number of benzene rings is 1. The van der Waals surface area contributed by atoms with Crippen LogP contribution in [0.15, 0.2) is 33.7 Å². The SMILES string of the molecule is O=S1(=O)CC[C@H](N=Cc2cccc(Br)c2)C1. The number of halogens is 1. The van der Waals surface area contributed by atoms with Gasteiger partial charge in [0.2, 0.25) is 0 Å². The van der Waals surface area contributed by atoms with Crippen molar-refractivity contribution in [1.29, 1.82) is 0 Å². The van der Waals surface area contributed by atoms with Crippen LogP contribution in [-0.2, 0) is 9.84 Å². The topological polar surface area (TPSA) is 46.5 Å². The fourth-order valence-corrected chi connectivity index (χ4v) is 3.73. The molecule has 0 saturated carbocycles. The molecular formula is C11H12BrNO2S. The van der Waals surface area contributed by atoms with E-state index in [4.69, 9.17) is 0 Å². The molecule has 0 aromatic heterocycles. The van der Waals surface area contributed by atoms with Crippen molar-refractivity contribution in [2.24, 2.45) is 4.99 Å². The number of hydrogen-bond donors (Lipinski definition) is 0. The van der Waals surface area contributed by atoms with E-state index in [1.54, 1.807) is 6.21 Å². The summed E-state index contributed by atoms with van der Waals surface area (Å²) in [7, 11) is -2.83. The predicted molar refractivity (Wildman–Crippen MR) is 68.8 cm³/mol. The summed E-state index contributed by atoms with van der Waals surface area (Å²) < 4.78 is 23.4. The third-order valence-corrected chi connectivity index (χ3v) is 4.74. The average Bonchev–Trinajstić information content (AvgIpc) is 2.56. The molecule has 1 aromatic rings. The highest BCUT2D eigenvalue weighted by atomic mass is 79.9. The number of rotatable bonds is 2. The van der Waals surface area contributed by atoms with E-state index in [9.17, 15) is 8.42 Å². The molecule has 0 unspecified atom stereocenters. The second-order valence-corrected chi connectivity index (χ2v) is 7.03. The van der Waals surface area contributed by atoms with Gasteiger partial charge in [0.1, 0.15) is 0 Å². The number of nitrogens with zero attached hydrogens (tertiary/aromatic N) is 1. The molecule has 0 N–H and O–H groups in total. The van der Waals surface area contributed by atoms with E-state index in [1.165, 1.54) is 0 Å². The van der Waals surface area contributed by atoms with Gasteiger partial charge in [-0.05, 0) is 24.1 Å². The van der Waals surface area contributed by atoms with Gasteiger partial charge in [0.15, 0.2) is 9.84 Å². The minimum Gasteiger partial charge on any atom is -0.288 e. The Morgan fingerprint density at radius 2 is 2.25 bits per heavy atom. The smallest absolute Gasteiger partial charge is 0.152 e. The molecule has 1 aromatic carbocycles. The van der Waals surface area contributed by atoms with Crippen LogP contribution < -0.4 is 0 Å². The van der Waals surface area contributed by atoms with Crippen molar-refractivity contribution in [1.82, 2.24) is 0 Å². The Bertz CT molecular complexity index is 510. The van der Waals surface area contributed by atoms with Gasteiger partial charge in [-0.1, -0.05) is 28.1 Å². The quantitative estimate of drug-likeness (QED) is 0.785. The molecule has 1 heterocycles. The van der Waals surface area contributed by atoms with Gasteiger partial charge in [-0.25, -0.2) is 8.42 Å². The van der Waals surface area contributed by atoms with Crippen LogP contribution >= 0.6 is 15.9 Å². The van der Waals surface area contributed by atoms with Crippen LogP contribution in [0.4, 0.5) is 0 Å². The van der Waals surface area contributed by atoms with Gasteiger partial charge in [-0.15, -0.1) is 0 Å². The summed E-state index contributed by atoms with van der Waals surface area (Å²) in [5.41, 5.74) is 0.985. The minimum absolute atomic E-state index is 0.0658. The van der Waals surface area contributed by atoms with Gasteiger partial charge in [0.25, 0.3) is 0 Å². The zero-order valence-electron chi connectivity index (χ0n) is 8.64. The first-order valence-electron chi connectivity index (χ1n) is 5.04. The third-order valence-electron chi connectivity index (χ3n) is 2.49. The first kappa shape index (κ1) is 11.8. The van der Waals surface area contributed by atoms with Crippen LogP contribution in [0, 0.1) is 0 Å². The van der Waals surface area contributed by atoms with E-state index in [-0.39, 0.29) is 17.5 Å². The van der Waals surface area contributed by atoms with Gasteiger partial charge in [0, 0.05) is 10.7 Å². The van der Waals surface area contributed by atoms with Crippen LogP contribution in [0.5, 0.6) is 0 Å². The molecule has 1 saturated heterocycles. The van der Waals surface area contributed by atoms with Gasteiger partial charge < -0.3 is 0 Å². The van der Waals surface area contributed by atoms with E-state index in [0.29, 0.717) is 6.42 Å². The highest BCUT2D eigenvalue weighted by molar-refractivity contribution is 9.10. The third kappa shape index (κ3) is 3.15. The van der Waals surface area contributed by atoms with E-state index >= 15 is 0 Å². The molecule has 86 valence electrons. The van der Waals surface area contributed by atoms with Crippen molar-refractivity contribution in [3.63, 3.8) is 0 Å². The van der Waals surface area contributed by atoms with Gasteiger partial charge >= 0.3 is 0 Å². The molecular weight excluding hydrogens is 290 g/mol. The summed E-state index contributed by atoms with van der Waals surface area (Å²) in [6.45, 7) is 0. The van der Waals surface area contributed by atoms with E-state index in [1.807, 2.05) is 24.3 Å². The first-order chi connectivity index (χ1) is 7.55. The lowest BCUT2D eigenvalue weighted by atomic mass is 10.2. The predicted octanol–water partition coefficient (Wildman–Crippen LogP) is 2.06. The van der Waals surface area contributed by atoms with E-state index in [2.05, 4.69) is 20.9 Å². The van der Waals surface area contributed by atoms with Crippen LogP contribution in [0.25, 0.3) is 0 Å². The van der Waals surface area contributed by atoms with Gasteiger partial charge in [-0.3, -0.25) is 4.99 Å². The minimum atomic E-state index is -2.83. The molecule has 0 bridgehead atoms. The summed E-state index contributed by atoms with van der Waals surface area (Å²) in [6.07, 6.45) is 2.39. The summed E-state index contributed by atoms with van der Waals surface area (Å²) in [6, 6.07) is 7.70. The first-order valence-corrected chi connectivity index (χ1v) is 7.66. The molecule has 1 fully saturated rings. The maximum Gasteiger partial charge on any atom is 0.152 e. The number of aliphatic imine (C=N–C) groups is 1. The highest BCUT2D eigenvalue weighted by Crippen LogP contribution is 2.15. The molecule has 2 rings (SSSR count). The Kier molecular flexibility index (Phi) is 3.44. The summed E-state index contributed by atoms with van der Waals surface area (Å²) in [5.74, 6) is 0.463. The van der Waals surface area contributed by atoms with Gasteiger partial charge in [0.05, 0.1) is 17.5 Å². The lowest BCUT2D eigenvalue weighted by Gasteiger charge is -1.99. The molecule has 16 heavy (non-hydrogen) atoms. The van der Waals surface area contributed by atoms with Crippen LogP contribution in [0.2, 0.25) is 0 Å². The maximum atomic E-state index is 11.2. The second-order valence-electron chi connectivity index (χ2n) is 3.89. The van der Waals surface area contributed by atoms with Crippen LogP contribution in [-0.4, -0.2) is 32.2 Å². The second kappa shape index (κ2) is 4.67. The molecule has 1 atom stereocenters. The number of sulfone groups is 1. The Morgan fingerprint density at radius 3 is 2.88 bits per heavy atom. The molecule has 5 heteroatoms. The molecule has 0 amide bonds. The molecule has 3 nitrogen and oxygen atoms in total. The standard InChI is InChI=1S/C11H12BrNO2S/c12-10-3-1-2-9(6-10)7-13-11-4-5-16(14,15)8-11/h1-3,6-7,11H,4-5,8H2/t11-/m0/s1. The Balaban J connectivity index is 2.05. The lowest BCUT2D eigenvalue weighted by Crippen LogP contribution is -2.07. The zero-order chi connectivity index (χ0) is 11.6. The maximum absolute atomic E-state index is 11.2. The molecule has 1 aliphatic rings.